The molecule has 0 aromatic heterocycles. The Morgan fingerprint density at radius 1 is 1.62 bits per heavy atom. The van der Waals surface area contributed by atoms with Crippen molar-refractivity contribution in [3.8, 4) is 0 Å². The van der Waals surface area contributed by atoms with Gasteiger partial charge >= 0.3 is 0 Å². The number of hydrogen-bond donors (Lipinski definition) is 1. The fraction of sp³-hybridized carbons (Fsp3) is 0.667. The first-order chi connectivity index (χ1) is 7.40. The first-order valence-electron chi connectivity index (χ1n) is 4.80. The van der Waals surface area contributed by atoms with E-state index in [4.69, 9.17) is 0 Å². The number of carbonyl (C=O) groups is 3. The van der Waals surface area contributed by atoms with Crippen molar-refractivity contribution in [2.75, 3.05) is 0 Å². The number of β-lactam (4-membered cyclic amide) rings is 1. The van der Waals surface area contributed by atoms with Crippen LogP contribution in [0.1, 0.15) is 13.8 Å². The maximum Gasteiger partial charge on any atom is 0.249 e. The minimum atomic E-state index is -1.25. The van der Waals surface area contributed by atoms with Crippen LogP contribution in [-0.2, 0) is 14.4 Å². The van der Waals surface area contributed by atoms with Crippen LogP contribution in [-0.4, -0.2) is 45.4 Å². The van der Waals surface area contributed by atoms with Gasteiger partial charge in [-0.2, -0.15) is 0 Å². The molecule has 0 aromatic carbocycles. The van der Waals surface area contributed by atoms with Gasteiger partial charge in [-0.1, -0.05) is 0 Å². The maximum absolute atomic E-state index is 11.6. The summed E-state index contributed by atoms with van der Waals surface area (Å²) in [6.45, 7) is 3.50. The van der Waals surface area contributed by atoms with Crippen molar-refractivity contribution in [3.05, 3.63) is 0 Å². The summed E-state index contributed by atoms with van der Waals surface area (Å²) in [5.74, 6) is -1.61. The van der Waals surface area contributed by atoms with Crippen LogP contribution in [0.15, 0.2) is 0 Å². The van der Waals surface area contributed by atoms with E-state index in [-0.39, 0.29) is 11.3 Å². The van der Waals surface area contributed by atoms with Gasteiger partial charge in [-0.05, 0) is 13.8 Å². The first-order valence-corrected chi connectivity index (χ1v) is 5.68. The second-order valence-electron chi connectivity index (χ2n) is 4.34. The molecule has 2 saturated heterocycles. The van der Waals surface area contributed by atoms with Crippen LogP contribution in [0.3, 0.4) is 0 Å². The quantitative estimate of drug-likeness (QED) is 0.453. The van der Waals surface area contributed by atoms with Gasteiger partial charge in [0.05, 0.1) is 12.0 Å². The Kier molecular flexibility index (Phi) is 2.37. The smallest absolute Gasteiger partial charge is 0.249 e. The second-order valence-corrected chi connectivity index (χ2v) is 6.11. The van der Waals surface area contributed by atoms with Crippen molar-refractivity contribution in [2.24, 2.45) is 0 Å². The summed E-state index contributed by atoms with van der Waals surface area (Å²) in [4.78, 5) is 34.2. The van der Waals surface area contributed by atoms with E-state index in [1.54, 1.807) is 13.8 Å². The number of carboxylic acid groups (broad SMARTS) is 1. The lowest BCUT2D eigenvalue weighted by Gasteiger charge is -2.44. The highest BCUT2D eigenvalue weighted by Crippen LogP contribution is 2.50. The highest BCUT2D eigenvalue weighted by Gasteiger charge is 2.61. The SMILES string of the molecule is CC1(C)S[C@@H]2[C@H](NC=O)C(=O)N2[C@H]1C(=O)[O-]. The summed E-state index contributed by atoms with van der Waals surface area (Å²) in [5.41, 5.74) is 0. The van der Waals surface area contributed by atoms with Crippen LogP contribution in [0.4, 0.5) is 0 Å². The highest BCUT2D eigenvalue weighted by molar-refractivity contribution is 8.01. The van der Waals surface area contributed by atoms with E-state index < -0.39 is 22.8 Å². The zero-order valence-corrected chi connectivity index (χ0v) is 9.61. The van der Waals surface area contributed by atoms with E-state index in [1.165, 1.54) is 16.7 Å². The molecule has 2 rings (SSSR count). The molecule has 0 aliphatic carbocycles. The molecule has 16 heavy (non-hydrogen) atoms. The number of hydrogen-bond acceptors (Lipinski definition) is 5. The van der Waals surface area contributed by atoms with E-state index >= 15 is 0 Å². The third kappa shape index (κ3) is 1.31. The lowest BCUT2D eigenvalue weighted by Crippen LogP contribution is -2.70. The first kappa shape index (κ1) is 11.3. The molecule has 0 spiro atoms. The number of nitrogens with one attached hydrogen (secondary N) is 1. The second kappa shape index (κ2) is 3.38. The van der Waals surface area contributed by atoms with E-state index in [1.807, 2.05) is 0 Å². The van der Waals surface area contributed by atoms with Crippen LogP contribution in [0, 0.1) is 0 Å². The Morgan fingerprint density at radius 2 is 2.25 bits per heavy atom. The summed E-state index contributed by atoms with van der Waals surface area (Å²) in [5, 5.41) is 13.1. The van der Waals surface area contributed by atoms with Crippen LogP contribution in [0.2, 0.25) is 0 Å². The van der Waals surface area contributed by atoms with E-state index in [0.717, 1.165) is 0 Å². The summed E-state index contributed by atoms with van der Waals surface area (Å²) in [6, 6.07) is -1.54. The monoisotopic (exact) mass is 243 g/mol. The molecular weight excluding hydrogens is 232 g/mol. The summed E-state index contributed by atoms with van der Waals surface area (Å²) in [6.07, 6.45) is 0.458. The number of rotatable bonds is 3. The predicted molar refractivity (Wildman–Crippen MR) is 54.1 cm³/mol. The number of thioether (sulfide) groups is 1. The number of carboxylic acids is 1. The number of fused-ring (bicyclic) bond motifs is 1. The van der Waals surface area contributed by atoms with Crippen molar-refractivity contribution < 1.29 is 19.5 Å². The van der Waals surface area contributed by atoms with E-state index in [0.29, 0.717) is 6.41 Å². The van der Waals surface area contributed by atoms with E-state index in [9.17, 15) is 19.5 Å². The minimum Gasteiger partial charge on any atom is -0.548 e. The molecule has 3 atom stereocenters. The molecule has 2 aliphatic heterocycles. The largest absolute Gasteiger partial charge is 0.548 e. The van der Waals surface area contributed by atoms with Gasteiger partial charge < -0.3 is 20.1 Å². The van der Waals surface area contributed by atoms with Crippen LogP contribution in [0.5, 0.6) is 0 Å². The van der Waals surface area contributed by atoms with Crippen molar-refractivity contribution in [2.45, 2.75) is 36.1 Å². The Morgan fingerprint density at radius 3 is 2.75 bits per heavy atom. The fourth-order valence-electron chi connectivity index (χ4n) is 2.22. The fourth-order valence-corrected chi connectivity index (χ4v) is 3.85. The van der Waals surface area contributed by atoms with E-state index in [2.05, 4.69) is 5.32 Å². The predicted octanol–water partition coefficient (Wildman–Crippen LogP) is -2.09. The number of aliphatic carboxylic acids is 1. The van der Waals surface area contributed by atoms with Crippen LogP contribution in [0.25, 0.3) is 0 Å². The number of carbonyl (C=O) groups excluding carboxylic acids is 3. The topological polar surface area (TPSA) is 89.5 Å². The zero-order chi connectivity index (χ0) is 12.1. The molecule has 1 N–H and O–H groups in total. The van der Waals surface area contributed by atoms with Crippen molar-refractivity contribution in [1.82, 2.24) is 10.2 Å². The summed E-state index contributed by atoms with van der Waals surface area (Å²) in [7, 11) is 0. The third-order valence-electron chi connectivity index (χ3n) is 2.91. The third-order valence-corrected chi connectivity index (χ3v) is 4.48. The molecule has 6 nitrogen and oxygen atoms in total. The molecule has 2 fully saturated rings. The van der Waals surface area contributed by atoms with Crippen molar-refractivity contribution >= 4 is 30.0 Å². The van der Waals surface area contributed by atoms with Crippen LogP contribution >= 0.6 is 11.8 Å². The molecule has 88 valence electrons. The molecule has 0 bridgehead atoms. The van der Waals surface area contributed by atoms with Gasteiger partial charge in [-0.15, -0.1) is 11.8 Å². The van der Waals surface area contributed by atoms with Crippen molar-refractivity contribution in [3.63, 3.8) is 0 Å². The van der Waals surface area contributed by atoms with Gasteiger partial charge in [0, 0.05) is 4.75 Å². The maximum atomic E-state index is 11.6. The summed E-state index contributed by atoms with van der Waals surface area (Å²) < 4.78 is -0.599. The molecule has 2 aliphatic rings. The number of nitrogens with zero attached hydrogens (tertiary/aromatic N) is 1. The summed E-state index contributed by atoms with van der Waals surface area (Å²) >= 11 is 1.37. The van der Waals surface area contributed by atoms with Gasteiger partial charge in [-0.25, -0.2) is 0 Å². The average Bonchev–Trinajstić information content (AvgIpc) is 2.43. The highest BCUT2D eigenvalue weighted by atomic mass is 32.2. The molecule has 0 unspecified atom stereocenters. The van der Waals surface area contributed by atoms with Crippen molar-refractivity contribution in [1.29, 1.82) is 0 Å². The lowest BCUT2D eigenvalue weighted by atomic mass is 9.96. The molecule has 0 saturated carbocycles. The number of amides is 2. The molecule has 0 radical (unpaired) electrons. The van der Waals surface area contributed by atoms with Crippen LogP contribution < -0.4 is 10.4 Å². The normalized spacial score (nSPS) is 35.2. The molecular formula is C9H11N2O4S-. The lowest BCUT2D eigenvalue weighted by molar-refractivity contribution is -0.312. The standard InChI is InChI=1S/C9H12N2O4S/c1-9(2)5(8(14)15)11-6(13)4(10-3-12)7(11)16-9/h3-5,7H,1-2H3,(H,10,12)(H,14,15)/p-1/t4-,5+,7-/m1/s1. The van der Waals surface area contributed by atoms with Gasteiger partial charge in [0.1, 0.15) is 11.4 Å². The minimum absolute atomic E-state index is 0.296. The van der Waals surface area contributed by atoms with Gasteiger partial charge in [0.25, 0.3) is 0 Å². The molecule has 7 heteroatoms. The Hall–Kier alpha value is -1.24. The zero-order valence-electron chi connectivity index (χ0n) is 8.80. The molecule has 0 aromatic rings. The molecule has 2 heterocycles. The Balaban J connectivity index is 2.24. The van der Waals surface area contributed by atoms with Gasteiger partial charge in [0.2, 0.25) is 12.3 Å². The average molecular weight is 243 g/mol. The Bertz CT molecular complexity index is 371. The van der Waals surface area contributed by atoms with Gasteiger partial charge in [-0.3, -0.25) is 9.59 Å². The van der Waals surface area contributed by atoms with Gasteiger partial charge in [0.15, 0.2) is 0 Å². The molecule has 2 amide bonds. The Labute approximate surface area is 96.4 Å².